The number of carbonyl (C=O) groups is 1. The van der Waals surface area contributed by atoms with Crippen LogP contribution in [0.1, 0.15) is 10.4 Å². The molecule has 0 aliphatic carbocycles. The molecule has 3 nitrogen and oxygen atoms in total. The number of nitrogen functional groups attached to an aromatic ring is 1. The maximum absolute atomic E-state index is 13.1. The fourth-order valence-electron chi connectivity index (χ4n) is 1.53. The van der Waals surface area contributed by atoms with Gasteiger partial charge >= 0.3 is 0 Å². The van der Waals surface area contributed by atoms with Crippen molar-refractivity contribution in [3.05, 3.63) is 58.6 Å². The highest BCUT2D eigenvalue weighted by molar-refractivity contribution is 6.33. The van der Waals surface area contributed by atoms with E-state index in [2.05, 4.69) is 5.32 Å². The Morgan fingerprint density at radius 2 is 1.84 bits per heavy atom. The van der Waals surface area contributed by atoms with Crippen LogP contribution < -0.4 is 11.1 Å². The van der Waals surface area contributed by atoms with Gasteiger partial charge in [0.05, 0.1) is 10.7 Å². The van der Waals surface area contributed by atoms with Crippen LogP contribution in [0.25, 0.3) is 0 Å². The van der Waals surface area contributed by atoms with Crippen molar-refractivity contribution in [1.82, 2.24) is 0 Å². The van der Waals surface area contributed by atoms with Crippen molar-refractivity contribution in [2.45, 2.75) is 0 Å². The van der Waals surface area contributed by atoms with Crippen LogP contribution in [0.4, 0.5) is 20.2 Å². The molecule has 19 heavy (non-hydrogen) atoms. The summed E-state index contributed by atoms with van der Waals surface area (Å²) in [6, 6.07) is 7.01. The molecule has 0 bridgehead atoms. The summed E-state index contributed by atoms with van der Waals surface area (Å²) in [5.74, 6) is -1.71. The SMILES string of the molecule is Nc1cc(F)cc(C(=O)Nc2ccc(F)cc2Cl)c1. The molecule has 1 amide bonds. The van der Waals surface area contributed by atoms with Crippen LogP contribution >= 0.6 is 11.6 Å². The minimum absolute atomic E-state index is 0.0534. The number of hydrogen-bond donors (Lipinski definition) is 2. The van der Waals surface area contributed by atoms with E-state index in [1.54, 1.807) is 0 Å². The highest BCUT2D eigenvalue weighted by Crippen LogP contribution is 2.23. The molecule has 2 aromatic rings. The van der Waals surface area contributed by atoms with Crippen molar-refractivity contribution >= 4 is 28.9 Å². The first kappa shape index (κ1) is 13.3. The lowest BCUT2D eigenvalue weighted by Crippen LogP contribution is -2.13. The second kappa shape index (κ2) is 5.24. The lowest BCUT2D eigenvalue weighted by atomic mass is 10.1. The second-order valence-corrected chi connectivity index (χ2v) is 4.26. The first-order valence-corrected chi connectivity index (χ1v) is 5.66. The zero-order valence-corrected chi connectivity index (χ0v) is 10.3. The number of amides is 1. The molecule has 0 radical (unpaired) electrons. The Kier molecular flexibility index (Phi) is 3.66. The molecule has 2 rings (SSSR count). The number of hydrogen-bond acceptors (Lipinski definition) is 2. The van der Waals surface area contributed by atoms with E-state index in [0.717, 1.165) is 24.3 Å². The summed E-state index contributed by atoms with van der Waals surface area (Å²) in [5, 5.41) is 2.50. The summed E-state index contributed by atoms with van der Waals surface area (Å²) in [4.78, 5) is 11.9. The standard InChI is InChI=1S/C13H9ClF2N2O/c14-11-6-8(15)1-2-12(11)18-13(19)7-3-9(16)5-10(17)4-7/h1-6H,17H2,(H,18,19). The van der Waals surface area contributed by atoms with Crippen molar-refractivity contribution in [3.8, 4) is 0 Å². The van der Waals surface area contributed by atoms with E-state index in [4.69, 9.17) is 17.3 Å². The van der Waals surface area contributed by atoms with Crippen LogP contribution in [0.3, 0.4) is 0 Å². The summed E-state index contributed by atoms with van der Waals surface area (Å²) in [7, 11) is 0. The van der Waals surface area contributed by atoms with Gasteiger partial charge in [0.25, 0.3) is 5.91 Å². The van der Waals surface area contributed by atoms with E-state index < -0.39 is 17.5 Å². The van der Waals surface area contributed by atoms with Crippen molar-refractivity contribution < 1.29 is 13.6 Å². The van der Waals surface area contributed by atoms with Gasteiger partial charge in [-0.3, -0.25) is 4.79 Å². The van der Waals surface area contributed by atoms with Gasteiger partial charge < -0.3 is 11.1 Å². The average Bonchev–Trinajstić information content (AvgIpc) is 2.31. The molecule has 0 saturated carbocycles. The highest BCUT2D eigenvalue weighted by atomic mass is 35.5. The third kappa shape index (κ3) is 3.20. The van der Waals surface area contributed by atoms with Crippen molar-refractivity contribution in [3.63, 3.8) is 0 Å². The largest absolute Gasteiger partial charge is 0.399 e. The van der Waals surface area contributed by atoms with Gasteiger partial charge in [0, 0.05) is 11.3 Å². The monoisotopic (exact) mass is 282 g/mol. The van der Waals surface area contributed by atoms with E-state index in [-0.39, 0.29) is 22.0 Å². The molecule has 6 heteroatoms. The second-order valence-electron chi connectivity index (χ2n) is 3.85. The fourth-order valence-corrected chi connectivity index (χ4v) is 1.74. The first-order chi connectivity index (χ1) is 8.95. The Morgan fingerprint density at radius 1 is 1.11 bits per heavy atom. The third-order valence-corrected chi connectivity index (χ3v) is 2.67. The van der Waals surface area contributed by atoms with Gasteiger partial charge in [-0.1, -0.05) is 11.6 Å². The molecule has 0 fully saturated rings. The van der Waals surface area contributed by atoms with Crippen LogP contribution in [-0.4, -0.2) is 5.91 Å². The summed E-state index contributed by atoms with van der Waals surface area (Å²) in [6.07, 6.45) is 0. The number of benzene rings is 2. The van der Waals surface area contributed by atoms with E-state index in [1.165, 1.54) is 12.1 Å². The molecule has 0 saturated heterocycles. The normalized spacial score (nSPS) is 10.3. The van der Waals surface area contributed by atoms with E-state index in [0.29, 0.717) is 0 Å². The van der Waals surface area contributed by atoms with Crippen LogP contribution in [0.5, 0.6) is 0 Å². The number of nitrogens with one attached hydrogen (secondary N) is 1. The molecule has 0 spiro atoms. The van der Waals surface area contributed by atoms with Gasteiger partial charge in [-0.2, -0.15) is 0 Å². The predicted octanol–water partition coefficient (Wildman–Crippen LogP) is 3.45. The minimum atomic E-state index is -0.615. The van der Waals surface area contributed by atoms with Crippen molar-refractivity contribution in [1.29, 1.82) is 0 Å². The molecule has 0 aromatic heterocycles. The Hall–Kier alpha value is -2.14. The van der Waals surface area contributed by atoms with Gasteiger partial charge in [0.2, 0.25) is 0 Å². The Labute approximate surface area is 113 Å². The number of halogens is 3. The molecule has 0 atom stereocenters. The van der Waals surface area contributed by atoms with Gasteiger partial charge in [-0.15, -0.1) is 0 Å². The predicted molar refractivity (Wildman–Crippen MR) is 70.2 cm³/mol. The zero-order chi connectivity index (χ0) is 14.0. The average molecular weight is 283 g/mol. The smallest absolute Gasteiger partial charge is 0.255 e. The Bertz CT molecular complexity index is 626. The topological polar surface area (TPSA) is 55.1 Å². The van der Waals surface area contributed by atoms with Gasteiger partial charge in [0.15, 0.2) is 0 Å². The Balaban J connectivity index is 2.25. The maximum atomic E-state index is 13.1. The lowest BCUT2D eigenvalue weighted by Gasteiger charge is -2.08. The third-order valence-electron chi connectivity index (χ3n) is 2.36. The number of rotatable bonds is 2. The molecule has 98 valence electrons. The maximum Gasteiger partial charge on any atom is 0.255 e. The van der Waals surface area contributed by atoms with Crippen molar-refractivity contribution in [2.75, 3.05) is 11.1 Å². The van der Waals surface area contributed by atoms with Crippen LogP contribution in [0.2, 0.25) is 5.02 Å². The highest BCUT2D eigenvalue weighted by Gasteiger charge is 2.10. The fraction of sp³-hybridized carbons (Fsp3) is 0. The van der Waals surface area contributed by atoms with Gasteiger partial charge in [-0.25, -0.2) is 8.78 Å². The molecule has 0 unspecified atom stereocenters. The molecule has 0 heterocycles. The van der Waals surface area contributed by atoms with E-state index in [9.17, 15) is 13.6 Å². The van der Waals surface area contributed by atoms with Crippen LogP contribution in [0.15, 0.2) is 36.4 Å². The number of carbonyl (C=O) groups excluding carboxylic acids is 1. The molecule has 0 aliphatic rings. The van der Waals surface area contributed by atoms with E-state index in [1.807, 2.05) is 0 Å². The summed E-state index contributed by atoms with van der Waals surface area (Å²) < 4.78 is 26.0. The quantitative estimate of drug-likeness (QED) is 0.829. The Morgan fingerprint density at radius 3 is 2.47 bits per heavy atom. The summed E-state index contributed by atoms with van der Waals surface area (Å²) in [5.41, 5.74) is 5.87. The molecular formula is C13H9ClF2N2O. The minimum Gasteiger partial charge on any atom is -0.399 e. The molecule has 3 N–H and O–H groups in total. The first-order valence-electron chi connectivity index (χ1n) is 5.28. The van der Waals surface area contributed by atoms with Gasteiger partial charge in [-0.05, 0) is 36.4 Å². The number of nitrogens with two attached hydrogens (primary N) is 1. The molecule has 0 aliphatic heterocycles. The van der Waals surface area contributed by atoms with E-state index >= 15 is 0 Å². The summed E-state index contributed by atoms with van der Waals surface area (Å²) >= 11 is 5.77. The summed E-state index contributed by atoms with van der Waals surface area (Å²) in [6.45, 7) is 0. The molecular weight excluding hydrogens is 274 g/mol. The molecule has 2 aromatic carbocycles. The zero-order valence-electron chi connectivity index (χ0n) is 9.58. The van der Waals surface area contributed by atoms with Crippen LogP contribution in [0, 0.1) is 11.6 Å². The number of anilines is 2. The lowest BCUT2D eigenvalue weighted by molar-refractivity contribution is 0.102. The van der Waals surface area contributed by atoms with Gasteiger partial charge in [0.1, 0.15) is 11.6 Å². The van der Waals surface area contributed by atoms with Crippen LogP contribution in [-0.2, 0) is 0 Å². The van der Waals surface area contributed by atoms with Crippen molar-refractivity contribution in [2.24, 2.45) is 0 Å².